The normalized spacial score (nSPS) is 18.5. The summed E-state index contributed by atoms with van der Waals surface area (Å²) in [4.78, 5) is 2.47. The highest BCUT2D eigenvalue weighted by Gasteiger charge is 2.21. The molecule has 1 saturated heterocycles. The third kappa shape index (κ3) is 4.06. The summed E-state index contributed by atoms with van der Waals surface area (Å²) in [6.45, 7) is 5.98. The summed E-state index contributed by atoms with van der Waals surface area (Å²) < 4.78 is 30.4. The van der Waals surface area contributed by atoms with Gasteiger partial charge in [-0.15, -0.1) is 0 Å². The van der Waals surface area contributed by atoms with Crippen LogP contribution in [0, 0.1) is 0 Å². The average Bonchev–Trinajstić information content (AvgIpc) is 3.10. The minimum Gasteiger partial charge on any atom is -0.447 e. The van der Waals surface area contributed by atoms with E-state index in [1.165, 1.54) is 46.1 Å². The summed E-state index contributed by atoms with van der Waals surface area (Å²) in [5, 5.41) is 3.33. The number of nitrogens with zero attached hydrogens (tertiary/aromatic N) is 2. The van der Waals surface area contributed by atoms with Gasteiger partial charge in [0.1, 0.15) is 5.76 Å². The van der Waals surface area contributed by atoms with Gasteiger partial charge in [0.15, 0.2) is 0 Å². The number of furan rings is 1. The molecular weight excluding hydrogens is 290 g/mol. The monoisotopic (exact) mass is 315 g/mol. The van der Waals surface area contributed by atoms with Gasteiger partial charge in [0.05, 0.1) is 6.54 Å². The Morgan fingerprint density at radius 2 is 2.00 bits per heavy atom. The quantitative estimate of drug-likeness (QED) is 0.816. The van der Waals surface area contributed by atoms with Crippen LogP contribution in [0.1, 0.15) is 25.5 Å². The zero-order chi connectivity index (χ0) is 15.5. The van der Waals surface area contributed by atoms with Crippen molar-refractivity contribution in [2.75, 3.05) is 33.7 Å². The maximum Gasteiger partial charge on any atom is 0.275 e. The molecular formula is C14H25N3O3S. The Hall–Kier alpha value is -0.890. The molecule has 0 aliphatic carbocycles. The van der Waals surface area contributed by atoms with E-state index in [0.717, 1.165) is 10.8 Å². The lowest BCUT2D eigenvalue weighted by Gasteiger charge is -2.23. The van der Waals surface area contributed by atoms with Crippen molar-refractivity contribution >= 4 is 10.0 Å². The molecule has 120 valence electrons. The molecule has 1 aromatic rings. The first-order valence-electron chi connectivity index (χ1n) is 7.37. The molecule has 6 nitrogen and oxygen atoms in total. The van der Waals surface area contributed by atoms with Crippen LogP contribution in [-0.4, -0.2) is 57.4 Å². The summed E-state index contributed by atoms with van der Waals surface area (Å²) in [6, 6.07) is 3.72. The van der Waals surface area contributed by atoms with Gasteiger partial charge < -0.3 is 9.73 Å². The lowest BCUT2D eigenvalue weighted by molar-refractivity contribution is 0.249. The van der Waals surface area contributed by atoms with Gasteiger partial charge in [0.2, 0.25) is 5.09 Å². The zero-order valence-electron chi connectivity index (χ0n) is 13.0. The first-order chi connectivity index (χ1) is 9.91. The Morgan fingerprint density at radius 1 is 1.33 bits per heavy atom. The second kappa shape index (κ2) is 6.91. The third-order valence-electron chi connectivity index (χ3n) is 3.87. The zero-order valence-corrected chi connectivity index (χ0v) is 13.8. The Balaban J connectivity index is 1.83. The SMILES string of the molecule is CC(CNCc1ccc(S(=O)(=O)N(C)C)o1)N1CCCC1. The van der Waals surface area contributed by atoms with Crippen molar-refractivity contribution in [3.8, 4) is 0 Å². The van der Waals surface area contributed by atoms with Gasteiger partial charge >= 0.3 is 0 Å². The van der Waals surface area contributed by atoms with Crippen molar-refractivity contribution in [1.82, 2.24) is 14.5 Å². The van der Waals surface area contributed by atoms with E-state index in [1.54, 1.807) is 6.07 Å². The summed E-state index contributed by atoms with van der Waals surface area (Å²) in [7, 11) is -0.493. The van der Waals surface area contributed by atoms with Gasteiger partial charge in [-0.25, -0.2) is 12.7 Å². The van der Waals surface area contributed by atoms with Crippen LogP contribution >= 0.6 is 0 Å². The molecule has 0 saturated carbocycles. The number of rotatable bonds is 7. The minimum atomic E-state index is -3.48. The van der Waals surface area contributed by atoms with Crippen LogP contribution in [0.4, 0.5) is 0 Å². The molecule has 0 radical (unpaired) electrons. The highest BCUT2D eigenvalue weighted by Crippen LogP contribution is 2.17. The number of nitrogens with one attached hydrogen (secondary N) is 1. The maximum atomic E-state index is 11.9. The van der Waals surface area contributed by atoms with Gasteiger partial charge in [0.25, 0.3) is 10.0 Å². The summed E-state index contributed by atoms with van der Waals surface area (Å²) in [5.74, 6) is 0.643. The molecule has 0 spiro atoms. The number of likely N-dealkylation sites (tertiary alicyclic amines) is 1. The molecule has 21 heavy (non-hydrogen) atoms. The highest BCUT2D eigenvalue weighted by molar-refractivity contribution is 7.88. The molecule has 0 bridgehead atoms. The van der Waals surface area contributed by atoms with E-state index in [4.69, 9.17) is 4.42 Å². The third-order valence-corrected chi connectivity index (χ3v) is 5.56. The first-order valence-corrected chi connectivity index (χ1v) is 8.81. The van der Waals surface area contributed by atoms with Crippen molar-refractivity contribution in [2.24, 2.45) is 0 Å². The minimum absolute atomic E-state index is 0.00288. The van der Waals surface area contributed by atoms with E-state index in [1.807, 2.05) is 0 Å². The van der Waals surface area contributed by atoms with Crippen LogP contribution < -0.4 is 5.32 Å². The second-order valence-electron chi connectivity index (χ2n) is 5.73. The average molecular weight is 315 g/mol. The Bertz CT molecular complexity index is 548. The van der Waals surface area contributed by atoms with Gasteiger partial charge in [-0.2, -0.15) is 0 Å². The van der Waals surface area contributed by atoms with Crippen LogP contribution in [0.5, 0.6) is 0 Å². The van der Waals surface area contributed by atoms with Crippen LogP contribution in [-0.2, 0) is 16.6 Å². The van der Waals surface area contributed by atoms with Gasteiger partial charge in [-0.05, 0) is 45.0 Å². The number of hydrogen-bond acceptors (Lipinski definition) is 5. The Labute approximate surface area is 127 Å². The van der Waals surface area contributed by atoms with Gasteiger partial charge in [-0.1, -0.05) is 0 Å². The van der Waals surface area contributed by atoms with Gasteiger partial charge in [-0.3, -0.25) is 4.90 Å². The van der Waals surface area contributed by atoms with E-state index in [-0.39, 0.29) is 5.09 Å². The standard InChI is InChI=1S/C14H25N3O3S/c1-12(17-8-4-5-9-17)10-15-11-13-6-7-14(20-13)21(18,19)16(2)3/h6-7,12,15H,4-5,8-11H2,1-3H3. The lowest BCUT2D eigenvalue weighted by atomic mass is 10.3. The van der Waals surface area contributed by atoms with Crippen molar-refractivity contribution < 1.29 is 12.8 Å². The molecule has 1 fully saturated rings. The number of sulfonamides is 1. The first kappa shape index (κ1) is 16.5. The molecule has 0 aromatic carbocycles. The molecule has 1 atom stereocenters. The Morgan fingerprint density at radius 3 is 2.62 bits per heavy atom. The molecule has 2 rings (SSSR count). The fourth-order valence-electron chi connectivity index (χ4n) is 2.49. The van der Waals surface area contributed by atoms with Crippen molar-refractivity contribution in [3.05, 3.63) is 17.9 Å². The maximum absolute atomic E-state index is 11.9. The van der Waals surface area contributed by atoms with Crippen molar-refractivity contribution in [2.45, 2.75) is 37.4 Å². The molecule has 7 heteroatoms. The lowest BCUT2D eigenvalue weighted by Crippen LogP contribution is -2.38. The molecule has 2 heterocycles. The fourth-order valence-corrected chi connectivity index (χ4v) is 3.30. The van der Waals surface area contributed by atoms with E-state index in [9.17, 15) is 8.42 Å². The fraction of sp³-hybridized carbons (Fsp3) is 0.714. The molecule has 1 aliphatic heterocycles. The van der Waals surface area contributed by atoms with Crippen LogP contribution in [0.3, 0.4) is 0 Å². The molecule has 1 aromatic heterocycles. The van der Waals surface area contributed by atoms with E-state index in [0.29, 0.717) is 18.3 Å². The smallest absolute Gasteiger partial charge is 0.275 e. The summed E-state index contributed by atoms with van der Waals surface area (Å²) in [5.41, 5.74) is 0. The summed E-state index contributed by atoms with van der Waals surface area (Å²) >= 11 is 0. The molecule has 0 amide bonds. The highest BCUT2D eigenvalue weighted by atomic mass is 32.2. The molecule has 1 N–H and O–H groups in total. The van der Waals surface area contributed by atoms with E-state index < -0.39 is 10.0 Å². The topological polar surface area (TPSA) is 65.8 Å². The second-order valence-corrected chi connectivity index (χ2v) is 7.81. The van der Waals surface area contributed by atoms with Crippen LogP contribution in [0.25, 0.3) is 0 Å². The van der Waals surface area contributed by atoms with Crippen LogP contribution in [0.2, 0.25) is 0 Å². The van der Waals surface area contributed by atoms with Gasteiger partial charge in [0, 0.05) is 26.7 Å². The van der Waals surface area contributed by atoms with Crippen LogP contribution in [0.15, 0.2) is 21.6 Å². The Kier molecular flexibility index (Phi) is 5.43. The largest absolute Gasteiger partial charge is 0.447 e. The summed E-state index contributed by atoms with van der Waals surface area (Å²) in [6.07, 6.45) is 2.57. The predicted octanol–water partition coefficient (Wildman–Crippen LogP) is 1.10. The predicted molar refractivity (Wildman–Crippen MR) is 81.6 cm³/mol. The molecule has 1 aliphatic rings. The van der Waals surface area contributed by atoms with E-state index in [2.05, 4.69) is 17.1 Å². The number of hydrogen-bond donors (Lipinski definition) is 1. The van der Waals surface area contributed by atoms with Crippen molar-refractivity contribution in [1.29, 1.82) is 0 Å². The van der Waals surface area contributed by atoms with Crippen molar-refractivity contribution in [3.63, 3.8) is 0 Å². The molecule has 1 unspecified atom stereocenters. The van der Waals surface area contributed by atoms with E-state index >= 15 is 0 Å².